The summed E-state index contributed by atoms with van der Waals surface area (Å²) in [5.74, 6) is -1.13. The van der Waals surface area contributed by atoms with Crippen LogP contribution < -0.4 is 4.90 Å². The number of carboxylic acid groups (broad SMARTS) is 1. The highest BCUT2D eigenvalue weighted by Crippen LogP contribution is 2.30. The topological polar surface area (TPSA) is 77.8 Å². The van der Waals surface area contributed by atoms with Gasteiger partial charge in [-0.25, -0.2) is 4.79 Å². The Kier molecular flexibility index (Phi) is 3.10. The summed E-state index contributed by atoms with van der Waals surface area (Å²) in [6.45, 7) is 0.507. The summed E-state index contributed by atoms with van der Waals surface area (Å²) in [5, 5.41) is 18.5. The number of hydrogen-bond acceptors (Lipinski definition) is 3. The number of phenols is 1. The molecule has 1 aliphatic rings. The number of carbonyl (C=O) groups excluding carboxylic acids is 1. The minimum atomic E-state index is -0.976. The minimum absolute atomic E-state index is 0.0431. The number of anilines is 1. The Morgan fingerprint density at radius 1 is 1.05 bits per heavy atom. The Labute approximate surface area is 121 Å². The van der Waals surface area contributed by atoms with Gasteiger partial charge in [-0.15, -0.1) is 0 Å². The van der Waals surface area contributed by atoms with Crippen LogP contribution in [0.5, 0.6) is 5.75 Å². The van der Waals surface area contributed by atoms with Crippen LogP contribution in [0.2, 0.25) is 0 Å². The summed E-state index contributed by atoms with van der Waals surface area (Å²) in [5.41, 5.74) is 2.21. The molecule has 21 heavy (non-hydrogen) atoms. The van der Waals surface area contributed by atoms with E-state index in [-0.39, 0.29) is 17.2 Å². The number of fused-ring (bicyclic) bond motifs is 1. The van der Waals surface area contributed by atoms with E-state index in [4.69, 9.17) is 5.11 Å². The quantitative estimate of drug-likeness (QED) is 0.886. The second-order valence-electron chi connectivity index (χ2n) is 4.91. The summed E-state index contributed by atoms with van der Waals surface area (Å²) < 4.78 is 0. The summed E-state index contributed by atoms with van der Waals surface area (Å²) in [6, 6.07) is 11.0. The average molecular weight is 283 g/mol. The van der Waals surface area contributed by atoms with E-state index >= 15 is 0 Å². The fourth-order valence-electron chi connectivity index (χ4n) is 2.54. The number of aromatic hydroxyl groups is 1. The first-order valence-corrected chi connectivity index (χ1v) is 6.53. The van der Waals surface area contributed by atoms with Crippen molar-refractivity contribution in [1.82, 2.24) is 0 Å². The molecule has 1 amide bonds. The summed E-state index contributed by atoms with van der Waals surface area (Å²) in [4.78, 5) is 25.1. The maximum Gasteiger partial charge on any atom is 0.335 e. The first-order chi connectivity index (χ1) is 10.1. The Bertz CT molecular complexity index is 739. The van der Waals surface area contributed by atoms with Crippen LogP contribution >= 0.6 is 0 Å². The number of carboxylic acids is 1. The molecule has 0 spiro atoms. The lowest BCUT2D eigenvalue weighted by Crippen LogP contribution is -2.28. The van der Waals surface area contributed by atoms with E-state index in [9.17, 15) is 14.7 Å². The van der Waals surface area contributed by atoms with Crippen molar-refractivity contribution < 1.29 is 19.8 Å². The fraction of sp³-hybridized carbons (Fsp3) is 0.125. The zero-order chi connectivity index (χ0) is 15.0. The van der Waals surface area contributed by atoms with Crippen molar-refractivity contribution in [2.24, 2.45) is 0 Å². The molecule has 0 saturated carbocycles. The molecule has 0 bridgehead atoms. The number of rotatable bonds is 2. The van der Waals surface area contributed by atoms with Crippen molar-refractivity contribution in [3.05, 3.63) is 59.2 Å². The average Bonchev–Trinajstić information content (AvgIpc) is 2.89. The van der Waals surface area contributed by atoms with Gasteiger partial charge in [0.15, 0.2) is 0 Å². The Balaban J connectivity index is 1.94. The zero-order valence-electron chi connectivity index (χ0n) is 11.1. The predicted molar refractivity (Wildman–Crippen MR) is 76.9 cm³/mol. The molecule has 1 aliphatic heterocycles. The molecule has 0 aliphatic carbocycles. The van der Waals surface area contributed by atoms with Gasteiger partial charge in [0.1, 0.15) is 5.75 Å². The van der Waals surface area contributed by atoms with Crippen molar-refractivity contribution in [1.29, 1.82) is 0 Å². The van der Waals surface area contributed by atoms with Crippen molar-refractivity contribution in [3.63, 3.8) is 0 Å². The first kappa shape index (κ1) is 13.2. The highest BCUT2D eigenvalue weighted by molar-refractivity contribution is 6.07. The van der Waals surface area contributed by atoms with Crippen LogP contribution in [-0.2, 0) is 6.42 Å². The second kappa shape index (κ2) is 4.94. The van der Waals surface area contributed by atoms with Crippen LogP contribution in [0.15, 0.2) is 42.5 Å². The monoisotopic (exact) mass is 283 g/mol. The number of benzene rings is 2. The van der Waals surface area contributed by atoms with Gasteiger partial charge in [-0.2, -0.15) is 0 Å². The molecule has 1 heterocycles. The second-order valence-corrected chi connectivity index (χ2v) is 4.91. The lowest BCUT2D eigenvalue weighted by Gasteiger charge is -2.17. The van der Waals surface area contributed by atoms with Gasteiger partial charge < -0.3 is 15.1 Å². The molecule has 0 atom stereocenters. The Morgan fingerprint density at radius 2 is 1.86 bits per heavy atom. The van der Waals surface area contributed by atoms with Gasteiger partial charge in [-0.1, -0.05) is 6.07 Å². The smallest absolute Gasteiger partial charge is 0.335 e. The third kappa shape index (κ3) is 2.33. The van der Waals surface area contributed by atoms with Gasteiger partial charge in [0, 0.05) is 17.8 Å². The molecule has 0 fully saturated rings. The van der Waals surface area contributed by atoms with Crippen LogP contribution in [-0.4, -0.2) is 28.6 Å². The van der Waals surface area contributed by atoms with Gasteiger partial charge in [0.05, 0.1) is 5.56 Å². The van der Waals surface area contributed by atoms with E-state index in [1.165, 1.54) is 18.2 Å². The van der Waals surface area contributed by atoms with Crippen LogP contribution in [0.1, 0.15) is 26.3 Å². The third-order valence-corrected chi connectivity index (χ3v) is 3.56. The molecule has 2 aromatic carbocycles. The van der Waals surface area contributed by atoms with Crippen LogP contribution in [0.25, 0.3) is 0 Å². The van der Waals surface area contributed by atoms with Crippen LogP contribution in [0.3, 0.4) is 0 Å². The van der Waals surface area contributed by atoms with Crippen molar-refractivity contribution >= 4 is 17.6 Å². The number of phenolic OH excluding ortho intramolecular Hbond substituents is 1. The molecular weight excluding hydrogens is 270 g/mol. The van der Waals surface area contributed by atoms with Crippen molar-refractivity contribution in [2.45, 2.75) is 6.42 Å². The molecule has 106 valence electrons. The maximum atomic E-state index is 12.5. The molecule has 3 rings (SSSR count). The number of hydrogen-bond donors (Lipinski definition) is 2. The summed E-state index contributed by atoms with van der Waals surface area (Å²) in [6.07, 6.45) is 0.626. The highest BCUT2D eigenvalue weighted by Gasteiger charge is 2.26. The number of nitrogens with zero attached hydrogens (tertiary/aromatic N) is 1. The largest absolute Gasteiger partial charge is 0.508 e. The molecule has 2 aromatic rings. The Hall–Kier alpha value is -2.82. The molecular formula is C16H13NO4. The van der Waals surface area contributed by atoms with Gasteiger partial charge in [0.25, 0.3) is 5.91 Å². The first-order valence-electron chi connectivity index (χ1n) is 6.53. The molecule has 2 N–H and O–H groups in total. The van der Waals surface area contributed by atoms with Crippen molar-refractivity contribution in [3.8, 4) is 5.75 Å². The van der Waals surface area contributed by atoms with E-state index in [0.29, 0.717) is 18.5 Å². The van der Waals surface area contributed by atoms with E-state index in [2.05, 4.69) is 0 Å². The molecule has 0 unspecified atom stereocenters. The number of aromatic carboxylic acids is 1. The molecule has 5 heteroatoms. The Morgan fingerprint density at radius 3 is 2.57 bits per heavy atom. The van der Waals surface area contributed by atoms with E-state index in [0.717, 1.165) is 11.3 Å². The highest BCUT2D eigenvalue weighted by atomic mass is 16.4. The van der Waals surface area contributed by atoms with E-state index in [1.807, 2.05) is 0 Å². The molecule has 5 nitrogen and oxygen atoms in total. The van der Waals surface area contributed by atoms with Crippen molar-refractivity contribution in [2.75, 3.05) is 11.4 Å². The van der Waals surface area contributed by atoms with Gasteiger partial charge in [0.2, 0.25) is 0 Å². The summed E-state index contributed by atoms with van der Waals surface area (Å²) in [7, 11) is 0. The van der Waals surface area contributed by atoms with E-state index in [1.54, 1.807) is 29.2 Å². The standard InChI is InChI=1S/C16H13NO4/c18-13-3-1-2-11(9-13)15(19)17-7-6-10-8-12(16(20)21)4-5-14(10)17/h1-5,8-9,18H,6-7H2,(H,20,21). The zero-order valence-corrected chi connectivity index (χ0v) is 11.1. The lowest BCUT2D eigenvalue weighted by molar-refractivity contribution is 0.0696. The number of carbonyl (C=O) groups is 2. The van der Waals surface area contributed by atoms with Crippen LogP contribution in [0.4, 0.5) is 5.69 Å². The normalized spacial score (nSPS) is 13.0. The van der Waals surface area contributed by atoms with Gasteiger partial charge >= 0.3 is 5.97 Å². The van der Waals surface area contributed by atoms with Crippen LogP contribution in [0, 0.1) is 0 Å². The summed E-state index contributed by atoms with van der Waals surface area (Å²) >= 11 is 0. The lowest BCUT2D eigenvalue weighted by atomic mass is 10.1. The van der Waals surface area contributed by atoms with Gasteiger partial charge in [-0.05, 0) is 48.4 Å². The predicted octanol–water partition coefficient (Wildman–Crippen LogP) is 2.29. The third-order valence-electron chi connectivity index (χ3n) is 3.56. The maximum absolute atomic E-state index is 12.5. The molecule has 0 aromatic heterocycles. The van der Waals surface area contributed by atoms with Gasteiger partial charge in [-0.3, -0.25) is 4.79 Å². The minimum Gasteiger partial charge on any atom is -0.508 e. The molecule has 0 saturated heterocycles. The van der Waals surface area contributed by atoms with E-state index < -0.39 is 5.97 Å². The molecule has 0 radical (unpaired) electrons. The fourth-order valence-corrected chi connectivity index (χ4v) is 2.54. The SMILES string of the molecule is O=C(O)c1ccc2c(c1)CCN2C(=O)c1cccc(O)c1. The number of amides is 1.